The molecule has 0 spiro atoms. The maximum absolute atomic E-state index is 13.4. The summed E-state index contributed by atoms with van der Waals surface area (Å²) in [6.07, 6.45) is -11.9. The molecule has 0 bridgehead atoms. The molecule has 188 valence electrons. The average molecular weight is 508 g/mol. The summed E-state index contributed by atoms with van der Waals surface area (Å²) in [6.45, 7) is 0. The minimum Gasteiger partial charge on any atom is -0.497 e. The number of halogens is 6. The molecule has 0 aliphatic rings. The number of nitrogens with zero attached hydrogens (tertiary/aromatic N) is 2. The number of para-hydroxylation sites is 1. The second-order valence-electron chi connectivity index (χ2n) is 7.97. The molecule has 0 aliphatic heterocycles. The Balaban J connectivity index is 1.88. The third-order valence-electron chi connectivity index (χ3n) is 5.71. The Morgan fingerprint density at radius 2 is 1.53 bits per heavy atom. The van der Waals surface area contributed by atoms with Crippen molar-refractivity contribution in [2.24, 2.45) is 0 Å². The molecule has 0 saturated heterocycles. The maximum atomic E-state index is 13.4. The third kappa shape index (κ3) is 4.30. The lowest BCUT2D eigenvalue weighted by Crippen LogP contribution is -2.53. The highest BCUT2D eigenvalue weighted by Gasteiger charge is 2.71. The Morgan fingerprint density at radius 1 is 0.889 bits per heavy atom. The van der Waals surface area contributed by atoms with Crippen molar-refractivity contribution in [3.8, 4) is 11.4 Å². The second kappa shape index (κ2) is 8.98. The third-order valence-corrected chi connectivity index (χ3v) is 5.71. The molecule has 0 fully saturated rings. The van der Waals surface area contributed by atoms with Crippen LogP contribution < -0.4 is 10.3 Å². The fraction of sp³-hybridized carbons (Fsp3) is 0.200. The largest absolute Gasteiger partial charge is 0.497 e. The van der Waals surface area contributed by atoms with Crippen LogP contribution in [0.1, 0.15) is 17.0 Å². The maximum Gasteiger partial charge on any atom is 0.430 e. The van der Waals surface area contributed by atoms with Gasteiger partial charge in [-0.05, 0) is 42.0 Å². The van der Waals surface area contributed by atoms with Crippen molar-refractivity contribution in [3.63, 3.8) is 0 Å². The quantitative estimate of drug-likeness (QED) is 0.372. The van der Waals surface area contributed by atoms with Gasteiger partial charge in [-0.2, -0.15) is 26.3 Å². The van der Waals surface area contributed by atoms with Crippen LogP contribution in [0.3, 0.4) is 0 Å². The first kappa shape index (κ1) is 25.2. The predicted molar refractivity (Wildman–Crippen MR) is 119 cm³/mol. The summed E-state index contributed by atoms with van der Waals surface area (Å²) in [6, 6.07) is 16.1. The summed E-state index contributed by atoms with van der Waals surface area (Å²) in [5, 5.41) is 9.88. The van der Waals surface area contributed by atoms with Crippen molar-refractivity contribution in [1.29, 1.82) is 0 Å². The van der Waals surface area contributed by atoms with Crippen LogP contribution in [-0.2, 0) is 12.0 Å². The van der Waals surface area contributed by atoms with Gasteiger partial charge in [0.15, 0.2) is 0 Å². The Kier molecular flexibility index (Phi) is 6.29. The lowest BCUT2D eigenvalue weighted by atomic mass is 9.92. The number of methoxy groups -OCH3 is 1. The highest BCUT2D eigenvalue weighted by atomic mass is 19.4. The van der Waals surface area contributed by atoms with Gasteiger partial charge in [-0.15, -0.1) is 0 Å². The van der Waals surface area contributed by atoms with E-state index in [2.05, 4.69) is 4.98 Å². The van der Waals surface area contributed by atoms with Gasteiger partial charge in [0.25, 0.3) is 11.2 Å². The number of rotatable bonds is 5. The van der Waals surface area contributed by atoms with Crippen molar-refractivity contribution in [3.05, 3.63) is 100 Å². The number of hydrogen-bond acceptors (Lipinski definition) is 4. The number of fused-ring (bicyclic) bond motifs is 1. The molecule has 0 radical (unpaired) electrons. The monoisotopic (exact) mass is 508 g/mol. The van der Waals surface area contributed by atoms with Crippen molar-refractivity contribution < 1.29 is 36.2 Å². The van der Waals surface area contributed by atoms with Crippen molar-refractivity contribution in [2.45, 2.75) is 24.4 Å². The summed E-state index contributed by atoms with van der Waals surface area (Å²) in [5.74, 6) is 0.742. The lowest BCUT2D eigenvalue weighted by molar-refractivity contribution is -0.376. The smallest absolute Gasteiger partial charge is 0.430 e. The minimum atomic E-state index is -6.02. The van der Waals surface area contributed by atoms with Gasteiger partial charge < -0.3 is 9.84 Å². The van der Waals surface area contributed by atoms with E-state index in [9.17, 15) is 36.2 Å². The van der Waals surface area contributed by atoms with E-state index in [0.717, 1.165) is 16.7 Å². The molecule has 0 amide bonds. The molecular weight excluding hydrogens is 490 g/mol. The lowest BCUT2D eigenvalue weighted by Gasteiger charge is -2.32. The van der Waals surface area contributed by atoms with E-state index in [1.54, 1.807) is 42.5 Å². The van der Waals surface area contributed by atoms with E-state index < -0.39 is 29.1 Å². The van der Waals surface area contributed by atoms with Crippen LogP contribution in [0.2, 0.25) is 0 Å². The Labute approximate surface area is 200 Å². The van der Waals surface area contributed by atoms with Crippen LogP contribution in [0.25, 0.3) is 16.6 Å². The molecule has 11 heteroatoms. The van der Waals surface area contributed by atoms with Gasteiger partial charge in [-0.1, -0.05) is 36.4 Å². The molecule has 36 heavy (non-hydrogen) atoms. The fourth-order valence-corrected chi connectivity index (χ4v) is 3.87. The number of benzene rings is 3. The van der Waals surface area contributed by atoms with E-state index in [0.29, 0.717) is 29.0 Å². The van der Waals surface area contributed by atoms with E-state index >= 15 is 0 Å². The summed E-state index contributed by atoms with van der Waals surface area (Å²) < 4.78 is 85.9. The van der Waals surface area contributed by atoms with Gasteiger partial charge in [-0.3, -0.25) is 9.36 Å². The van der Waals surface area contributed by atoms with Crippen LogP contribution in [0.15, 0.2) is 77.6 Å². The first-order valence-electron chi connectivity index (χ1n) is 10.5. The first-order valence-corrected chi connectivity index (χ1v) is 10.5. The average Bonchev–Trinajstić information content (AvgIpc) is 2.83. The Morgan fingerprint density at radius 3 is 2.14 bits per heavy atom. The highest BCUT2D eigenvalue weighted by molar-refractivity contribution is 5.77. The number of aliphatic hydroxyl groups is 1. The summed E-state index contributed by atoms with van der Waals surface area (Å²) in [5.41, 5.74) is -6.02. The number of alkyl halides is 6. The predicted octanol–water partition coefficient (Wildman–Crippen LogP) is 5.30. The van der Waals surface area contributed by atoms with Gasteiger partial charge in [0.2, 0.25) is 0 Å². The van der Waals surface area contributed by atoms with Gasteiger partial charge in [0.1, 0.15) is 11.6 Å². The Bertz CT molecular complexity index is 1450. The minimum absolute atomic E-state index is 0.0217. The zero-order valence-electron chi connectivity index (χ0n) is 18.6. The normalized spacial score (nSPS) is 12.7. The van der Waals surface area contributed by atoms with Crippen LogP contribution in [-0.4, -0.2) is 34.1 Å². The molecule has 0 unspecified atom stereocenters. The molecule has 1 aromatic heterocycles. The van der Waals surface area contributed by atoms with E-state index in [-0.39, 0.29) is 23.3 Å². The van der Waals surface area contributed by atoms with E-state index in [1.807, 2.05) is 0 Å². The van der Waals surface area contributed by atoms with Gasteiger partial charge in [-0.25, -0.2) is 4.98 Å². The summed E-state index contributed by atoms with van der Waals surface area (Å²) in [7, 11) is 1.48. The van der Waals surface area contributed by atoms with Crippen LogP contribution in [0.5, 0.6) is 5.75 Å². The highest BCUT2D eigenvalue weighted by Crippen LogP contribution is 2.50. The molecule has 1 N–H and O–H groups in total. The van der Waals surface area contributed by atoms with Crippen molar-refractivity contribution in [2.75, 3.05) is 7.11 Å². The Hall–Kier alpha value is -3.86. The zero-order valence-corrected chi connectivity index (χ0v) is 18.6. The van der Waals surface area contributed by atoms with Crippen LogP contribution >= 0.6 is 0 Å². The van der Waals surface area contributed by atoms with Gasteiger partial charge >= 0.3 is 12.4 Å². The number of hydrogen-bond donors (Lipinski definition) is 1. The second-order valence-corrected chi connectivity index (χ2v) is 7.97. The van der Waals surface area contributed by atoms with Crippen molar-refractivity contribution in [1.82, 2.24) is 9.55 Å². The molecule has 4 rings (SSSR count). The van der Waals surface area contributed by atoms with Crippen LogP contribution in [0, 0.1) is 0 Å². The topological polar surface area (TPSA) is 64.3 Å². The molecule has 3 aromatic carbocycles. The van der Waals surface area contributed by atoms with Gasteiger partial charge in [0, 0.05) is 12.0 Å². The fourth-order valence-electron chi connectivity index (χ4n) is 3.87. The molecule has 1 heterocycles. The molecule has 0 atom stereocenters. The summed E-state index contributed by atoms with van der Waals surface area (Å²) >= 11 is 0. The van der Waals surface area contributed by atoms with E-state index in [1.165, 1.54) is 13.2 Å². The summed E-state index contributed by atoms with van der Waals surface area (Å²) in [4.78, 5) is 17.9. The van der Waals surface area contributed by atoms with E-state index in [4.69, 9.17) is 4.74 Å². The zero-order chi connectivity index (χ0) is 26.3. The molecule has 0 saturated carbocycles. The van der Waals surface area contributed by atoms with Gasteiger partial charge in [0.05, 0.1) is 23.7 Å². The number of aromatic nitrogens is 2. The molecule has 0 aliphatic carbocycles. The molecule has 4 aromatic rings. The van der Waals surface area contributed by atoms with Crippen LogP contribution in [0.4, 0.5) is 26.3 Å². The van der Waals surface area contributed by atoms with Crippen molar-refractivity contribution >= 4 is 10.9 Å². The number of ether oxygens (including phenoxy) is 1. The molecular formula is C25H18F6N2O3. The molecule has 5 nitrogen and oxygen atoms in total. The SMILES string of the molecule is COc1cccc(Cc2nc3ccccc3c(=O)n2-c2ccc(C(O)(C(F)(F)F)C(F)(F)F)cc2)c1. The standard InChI is InChI=1S/C25H18F6N2O3/c1-36-18-6-4-5-15(13-18)14-21-32-20-8-3-2-7-19(20)22(34)33(21)17-11-9-16(10-12-17)23(35,24(26,27)28)25(29,30)31/h2-13,35H,14H2,1H3. The first-order chi connectivity index (χ1) is 16.9.